The van der Waals surface area contributed by atoms with Gasteiger partial charge in [-0.3, -0.25) is 0 Å². The molecule has 37 heavy (non-hydrogen) atoms. The van der Waals surface area contributed by atoms with Gasteiger partial charge in [0.25, 0.3) is 0 Å². The van der Waals surface area contributed by atoms with Gasteiger partial charge in [0.05, 0.1) is 12.7 Å². The van der Waals surface area contributed by atoms with Crippen LogP contribution in [0.5, 0.6) is 0 Å². The highest BCUT2D eigenvalue weighted by atomic mass is 16.5. The predicted molar refractivity (Wildman–Crippen MR) is 144 cm³/mol. The molecule has 0 aromatic carbocycles. The third kappa shape index (κ3) is 8.30. The van der Waals surface area contributed by atoms with Crippen LogP contribution in [-0.2, 0) is 22.4 Å². The molecule has 9 heteroatoms. The Morgan fingerprint density at radius 3 is 2.68 bits per heavy atom. The van der Waals surface area contributed by atoms with Gasteiger partial charge >= 0.3 is 12.0 Å². The van der Waals surface area contributed by atoms with Crippen LogP contribution in [0, 0.1) is 0 Å². The molecule has 4 rings (SSSR count). The molecule has 0 radical (unpaired) electrons. The smallest absolute Gasteiger partial charge is 0.326 e. The number of fused-ring (bicyclic) bond motifs is 1. The summed E-state index contributed by atoms with van der Waals surface area (Å²) in [4.78, 5) is 33.7. The van der Waals surface area contributed by atoms with E-state index in [4.69, 9.17) is 9.72 Å². The van der Waals surface area contributed by atoms with Crippen molar-refractivity contribution < 1.29 is 19.4 Å². The number of hydrogen-bond donors (Lipinski definition) is 3. The van der Waals surface area contributed by atoms with E-state index in [9.17, 15) is 14.7 Å². The number of amides is 2. The van der Waals surface area contributed by atoms with E-state index in [-0.39, 0.29) is 18.1 Å². The Bertz CT molecular complexity index is 899. The summed E-state index contributed by atoms with van der Waals surface area (Å²) in [6.07, 6.45) is 10.2. The lowest BCUT2D eigenvalue weighted by atomic mass is 10.1. The molecule has 2 aliphatic heterocycles. The summed E-state index contributed by atoms with van der Waals surface area (Å²) in [5, 5.41) is 16.0. The maximum atomic E-state index is 12.8. The number of rotatable bonds is 14. The van der Waals surface area contributed by atoms with Gasteiger partial charge < -0.3 is 30.3 Å². The molecule has 3 aliphatic rings. The van der Waals surface area contributed by atoms with Crippen molar-refractivity contribution in [3.05, 3.63) is 23.4 Å². The van der Waals surface area contributed by atoms with Crippen LogP contribution in [0.25, 0.3) is 0 Å². The van der Waals surface area contributed by atoms with E-state index in [2.05, 4.69) is 27.7 Å². The second-order valence-electron chi connectivity index (χ2n) is 11.0. The number of anilines is 1. The minimum absolute atomic E-state index is 0.140. The number of likely N-dealkylation sites (tertiary alicyclic amines) is 1. The minimum Gasteiger partial charge on any atom is -0.480 e. The summed E-state index contributed by atoms with van der Waals surface area (Å²) >= 11 is 0. The Morgan fingerprint density at radius 2 is 1.95 bits per heavy atom. The number of carboxylic acids is 1. The van der Waals surface area contributed by atoms with Gasteiger partial charge in [0.1, 0.15) is 11.9 Å². The molecular weight excluding hydrogens is 470 g/mol. The number of aliphatic carboxylic acids is 1. The van der Waals surface area contributed by atoms with Gasteiger partial charge in [0, 0.05) is 37.4 Å². The second-order valence-corrected chi connectivity index (χ2v) is 11.0. The molecule has 3 heterocycles. The van der Waals surface area contributed by atoms with Crippen LogP contribution in [0.15, 0.2) is 12.1 Å². The van der Waals surface area contributed by atoms with Gasteiger partial charge in [-0.2, -0.15) is 0 Å². The number of aromatic nitrogens is 1. The van der Waals surface area contributed by atoms with Crippen LogP contribution in [0.2, 0.25) is 0 Å². The molecule has 206 valence electrons. The molecular formula is C28H45N5O4. The SMILES string of the molecule is CC1CCC(C)N1C(=O)NC(CCN(CCCCc1ccc2c(n1)NCCC2)CCOC1CC1)C(=O)O. The Morgan fingerprint density at radius 1 is 1.16 bits per heavy atom. The van der Waals surface area contributed by atoms with Gasteiger partial charge in [-0.1, -0.05) is 6.07 Å². The van der Waals surface area contributed by atoms with Gasteiger partial charge in [-0.25, -0.2) is 14.6 Å². The molecule has 0 spiro atoms. The number of carboxylic acid groups (broad SMARTS) is 1. The summed E-state index contributed by atoms with van der Waals surface area (Å²) < 4.78 is 5.87. The van der Waals surface area contributed by atoms with Crippen LogP contribution < -0.4 is 10.6 Å². The quantitative estimate of drug-likeness (QED) is 0.325. The zero-order chi connectivity index (χ0) is 26.2. The third-order valence-electron chi connectivity index (χ3n) is 7.91. The van der Waals surface area contributed by atoms with E-state index >= 15 is 0 Å². The molecule has 3 atom stereocenters. The second kappa shape index (κ2) is 13.4. The topological polar surface area (TPSA) is 107 Å². The van der Waals surface area contributed by atoms with Crippen LogP contribution in [0.4, 0.5) is 10.6 Å². The van der Waals surface area contributed by atoms with Crippen molar-refractivity contribution in [3.8, 4) is 0 Å². The number of carbonyl (C=O) groups excluding carboxylic acids is 1. The van der Waals surface area contributed by atoms with Crippen LogP contribution in [-0.4, -0.2) is 88.9 Å². The molecule has 1 saturated carbocycles. The standard InChI is InChI=1S/C28H45N5O4/c1-20-8-9-21(2)33(20)28(36)31-25(27(34)35)14-17-32(18-19-37-24-12-13-24)16-4-3-7-23-11-10-22-6-5-15-29-26(22)30-23/h10-11,20-21,24-25H,3-9,12-19H2,1-2H3,(H,29,30)(H,31,36)(H,34,35). The van der Waals surface area contributed by atoms with Crippen molar-refractivity contribution in [2.45, 2.75) is 102 Å². The highest BCUT2D eigenvalue weighted by Crippen LogP contribution is 2.24. The van der Waals surface area contributed by atoms with Crippen LogP contribution in [0.3, 0.4) is 0 Å². The number of nitrogens with one attached hydrogen (secondary N) is 2. The monoisotopic (exact) mass is 515 g/mol. The summed E-state index contributed by atoms with van der Waals surface area (Å²) in [6.45, 7) is 7.96. The fraction of sp³-hybridized carbons (Fsp3) is 0.750. The molecule has 1 saturated heterocycles. The first-order valence-corrected chi connectivity index (χ1v) is 14.3. The van der Waals surface area contributed by atoms with Gasteiger partial charge in [0.15, 0.2) is 0 Å². The summed E-state index contributed by atoms with van der Waals surface area (Å²) in [5.74, 6) is 0.0659. The lowest BCUT2D eigenvalue weighted by Crippen LogP contribution is -2.51. The first kappa shape index (κ1) is 27.6. The molecule has 2 amide bonds. The molecule has 3 N–H and O–H groups in total. The molecule has 9 nitrogen and oxygen atoms in total. The number of ether oxygens (including phenoxy) is 1. The molecule has 0 bridgehead atoms. The van der Waals surface area contributed by atoms with Crippen molar-refractivity contribution in [1.29, 1.82) is 0 Å². The van der Waals surface area contributed by atoms with Gasteiger partial charge in [-0.15, -0.1) is 0 Å². The summed E-state index contributed by atoms with van der Waals surface area (Å²) in [7, 11) is 0. The number of aryl methyl sites for hydroxylation is 2. The van der Waals surface area contributed by atoms with Gasteiger partial charge in [0.2, 0.25) is 0 Å². The molecule has 3 unspecified atom stereocenters. The van der Waals surface area contributed by atoms with Crippen molar-refractivity contribution >= 4 is 17.8 Å². The van der Waals surface area contributed by atoms with E-state index in [0.717, 1.165) is 88.9 Å². The lowest BCUT2D eigenvalue weighted by Gasteiger charge is -2.29. The largest absolute Gasteiger partial charge is 0.480 e. The van der Waals surface area contributed by atoms with Crippen molar-refractivity contribution in [1.82, 2.24) is 20.1 Å². The van der Waals surface area contributed by atoms with E-state index < -0.39 is 12.0 Å². The Hall–Kier alpha value is -2.39. The highest BCUT2D eigenvalue weighted by Gasteiger charge is 2.33. The number of hydrogen-bond acceptors (Lipinski definition) is 6. The molecule has 2 fully saturated rings. The highest BCUT2D eigenvalue weighted by molar-refractivity contribution is 5.83. The molecule has 1 aromatic rings. The van der Waals surface area contributed by atoms with Crippen LogP contribution >= 0.6 is 0 Å². The average molecular weight is 516 g/mol. The average Bonchev–Trinajstić information content (AvgIpc) is 3.65. The first-order valence-electron chi connectivity index (χ1n) is 14.3. The third-order valence-corrected chi connectivity index (χ3v) is 7.91. The normalized spacial score (nSPS) is 22.0. The van der Waals surface area contributed by atoms with Gasteiger partial charge in [-0.05, 0) is 96.2 Å². The van der Waals surface area contributed by atoms with Crippen LogP contribution in [0.1, 0.15) is 76.5 Å². The van der Waals surface area contributed by atoms with E-state index in [1.807, 2.05) is 13.8 Å². The van der Waals surface area contributed by atoms with E-state index in [0.29, 0.717) is 25.7 Å². The zero-order valence-corrected chi connectivity index (χ0v) is 22.6. The number of pyridine rings is 1. The maximum Gasteiger partial charge on any atom is 0.326 e. The minimum atomic E-state index is -0.978. The maximum absolute atomic E-state index is 12.8. The summed E-state index contributed by atoms with van der Waals surface area (Å²) in [5.41, 5.74) is 2.43. The molecule has 1 aromatic heterocycles. The van der Waals surface area contributed by atoms with E-state index in [1.54, 1.807) is 4.90 Å². The Kier molecular flexibility index (Phi) is 10.0. The van der Waals surface area contributed by atoms with Crippen molar-refractivity contribution in [2.24, 2.45) is 0 Å². The lowest BCUT2D eigenvalue weighted by molar-refractivity contribution is -0.139. The van der Waals surface area contributed by atoms with E-state index in [1.165, 1.54) is 5.56 Å². The fourth-order valence-corrected chi connectivity index (χ4v) is 5.46. The number of urea groups is 1. The zero-order valence-electron chi connectivity index (χ0n) is 22.6. The first-order chi connectivity index (χ1) is 17.9. The molecule has 1 aliphatic carbocycles. The number of carbonyl (C=O) groups is 2. The fourth-order valence-electron chi connectivity index (χ4n) is 5.46. The van der Waals surface area contributed by atoms with Crippen molar-refractivity contribution in [3.63, 3.8) is 0 Å². The Balaban J connectivity index is 1.24. The number of nitrogens with zero attached hydrogens (tertiary/aromatic N) is 3. The summed E-state index contributed by atoms with van der Waals surface area (Å²) in [6, 6.07) is 3.47. The van der Waals surface area contributed by atoms with Crippen molar-refractivity contribution in [2.75, 3.05) is 38.1 Å². The predicted octanol–water partition coefficient (Wildman–Crippen LogP) is 3.67. The number of unbranched alkanes of at least 4 members (excludes halogenated alkanes) is 1. The Labute approximate surface area is 221 Å².